The SMILES string of the molecule is C/C(N)=C/C(=O)OC(C)(C)c1ccc(F)cc1. The third kappa shape index (κ3) is 3.90. The second kappa shape index (κ2) is 4.99. The lowest BCUT2D eigenvalue weighted by molar-refractivity contribution is -0.151. The molecule has 0 atom stereocenters. The van der Waals surface area contributed by atoms with Crippen molar-refractivity contribution < 1.29 is 13.9 Å². The lowest BCUT2D eigenvalue weighted by Crippen LogP contribution is -2.25. The Labute approximate surface area is 100 Å². The highest BCUT2D eigenvalue weighted by atomic mass is 19.1. The van der Waals surface area contributed by atoms with Gasteiger partial charge in [0.15, 0.2) is 0 Å². The van der Waals surface area contributed by atoms with Crippen molar-refractivity contribution in [2.75, 3.05) is 0 Å². The van der Waals surface area contributed by atoms with Crippen LogP contribution in [0.5, 0.6) is 0 Å². The highest BCUT2D eigenvalue weighted by Crippen LogP contribution is 2.25. The molecule has 4 heteroatoms. The molecule has 1 aromatic carbocycles. The predicted octanol–water partition coefficient (Wildman–Crippen LogP) is 2.47. The van der Waals surface area contributed by atoms with E-state index in [9.17, 15) is 9.18 Å². The molecule has 0 fully saturated rings. The molecular formula is C13H16FNO2. The molecule has 17 heavy (non-hydrogen) atoms. The molecule has 0 spiro atoms. The standard InChI is InChI=1S/C13H16FNO2/c1-9(15)8-12(16)17-13(2,3)10-4-6-11(14)7-5-10/h4-8H,15H2,1-3H3/b9-8-. The van der Waals surface area contributed by atoms with Crippen molar-refractivity contribution in [3.05, 3.63) is 47.4 Å². The number of allylic oxidation sites excluding steroid dienone is 1. The first kappa shape index (κ1) is 13.2. The predicted molar refractivity (Wildman–Crippen MR) is 63.5 cm³/mol. The van der Waals surface area contributed by atoms with Gasteiger partial charge in [-0.3, -0.25) is 0 Å². The van der Waals surface area contributed by atoms with Gasteiger partial charge in [0, 0.05) is 11.8 Å². The van der Waals surface area contributed by atoms with Gasteiger partial charge in [0.2, 0.25) is 0 Å². The first-order valence-corrected chi connectivity index (χ1v) is 5.24. The van der Waals surface area contributed by atoms with E-state index in [1.54, 1.807) is 32.9 Å². The highest BCUT2D eigenvalue weighted by molar-refractivity contribution is 5.83. The van der Waals surface area contributed by atoms with Crippen LogP contribution in [-0.4, -0.2) is 5.97 Å². The van der Waals surface area contributed by atoms with Crippen LogP contribution in [0.1, 0.15) is 26.3 Å². The van der Waals surface area contributed by atoms with Crippen molar-refractivity contribution in [1.82, 2.24) is 0 Å². The van der Waals surface area contributed by atoms with E-state index in [-0.39, 0.29) is 5.82 Å². The van der Waals surface area contributed by atoms with Crippen LogP contribution in [0.3, 0.4) is 0 Å². The Kier molecular flexibility index (Phi) is 3.89. The van der Waals surface area contributed by atoms with E-state index in [4.69, 9.17) is 10.5 Å². The van der Waals surface area contributed by atoms with Gasteiger partial charge < -0.3 is 10.5 Å². The van der Waals surface area contributed by atoms with Gasteiger partial charge in [0.05, 0.1) is 0 Å². The zero-order chi connectivity index (χ0) is 13.1. The number of hydrogen-bond acceptors (Lipinski definition) is 3. The summed E-state index contributed by atoms with van der Waals surface area (Å²) in [6.45, 7) is 5.07. The Balaban J connectivity index is 2.85. The molecular weight excluding hydrogens is 221 g/mol. The van der Waals surface area contributed by atoms with Crippen molar-refractivity contribution in [3.63, 3.8) is 0 Å². The summed E-state index contributed by atoms with van der Waals surface area (Å²) in [6, 6.07) is 5.83. The summed E-state index contributed by atoms with van der Waals surface area (Å²) >= 11 is 0. The van der Waals surface area contributed by atoms with E-state index >= 15 is 0 Å². The monoisotopic (exact) mass is 237 g/mol. The van der Waals surface area contributed by atoms with Gasteiger partial charge in [0.1, 0.15) is 11.4 Å². The molecule has 0 unspecified atom stereocenters. The van der Waals surface area contributed by atoms with E-state index in [1.807, 2.05) is 0 Å². The van der Waals surface area contributed by atoms with Gasteiger partial charge in [-0.05, 0) is 38.5 Å². The molecule has 3 nitrogen and oxygen atoms in total. The Morgan fingerprint density at radius 1 is 1.35 bits per heavy atom. The molecule has 0 aromatic heterocycles. The van der Waals surface area contributed by atoms with Gasteiger partial charge >= 0.3 is 5.97 Å². The fourth-order valence-corrected chi connectivity index (χ4v) is 1.38. The van der Waals surface area contributed by atoms with Gasteiger partial charge in [-0.1, -0.05) is 12.1 Å². The van der Waals surface area contributed by atoms with Crippen molar-refractivity contribution in [2.24, 2.45) is 5.73 Å². The summed E-state index contributed by atoms with van der Waals surface area (Å²) in [5, 5.41) is 0. The van der Waals surface area contributed by atoms with Gasteiger partial charge in [0.25, 0.3) is 0 Å². The van der Waals surface area contributed by atoms with Crippen molar-refractivity contribution in [1.29, 1.82) is 0 Å². The highest BCUT2D eigenvalue weighted by Gasteiger charge is 2.24. The van der Waals surface area contributed by atoms with Crippen LogP contribution in [0.4, 0.5) is 4.39 Å². The van der Waals surface area contributed by atoms with Crippen LogP contribution in [-0.2, 0) is 15.1 Å². The first-order chi connectivity index (χ1) is 7.81. The van der Waals surface area contributed by atoms with Gasteiger partial charge in [-0.25, -0.2) is 9.18 Å². The average Bonchev–Trinajstić information content (AvgIpc) is 2.15. The molecule has 0 aliphatic rings. The largest absolute Gasteiger partial charge is 0.452 e. The van der Waals surface area contributed by atoms with Crippen molar-refractivity contribution in [3.8, 4) is 0 Å². The normalized spacial score (nSPS) is 12.4. The smallest absolute Gasteiger partial charge is 0.333 e. The second-order valence-electron chi connectivity index (χ2n) is 4.33. The number of carbonyl (C=O) groups excluding carboxylic acids is 1. The topological polar surface area (TPSA) is 52.3 Å². The van der Waals surface area contributed by atoms with E-state index in [2.05, 4.69) is 0 Å². The third-order valence-electron chi connectivity index (χ3n) is 2.24. The van der Waals surface area contributed by atoms with E-state index in [0.29, 0.717) is 5.70 Å². The quantitative estimate of drug-likeness (QED) is 0.649. The van der Waals surface area contributed by atoms with Gasteiger partial charge in [-0.2, -0.15) is 0 Å². The number of ether oxygens (including phenoxy) is 1. The number of nitrogens with two attached hydrogens (primary N) is 1. The molecule has 0 aliphatic carbocycles. The second-order valence-corrected chi connectivity index (χ2v) is 4.33. The summed E-state index contributed by atoms with van der Waals surface area (Å²) in [5.74, 6) is -0.840. The van der Waals surface area contributed by atoms with Crippen LogP contribution in [0, 0.1) is 5.82 Å². The van der Waals surface area contributed by atoms with Crippen LogP contribution < -0.4 is 5.73 Å². The Morgan fingerprint density at radius 2 is 1.88 bits per heavy atom. The lowest BCUT2D eigenvalue weighted by Gasteiger charge is -2.25. The number of esters is 1. The molecule has 0 bridgehead atoms. The molecule has 0 radical (unpaired) electrons. The summed E-state index contributed by atoms with van der Waals surface area (Å²) in [5.41, 5.74) is 5.66. The molecule has 0 aliphatic heterocycles. The molecule has 1 aromatic rings. The minimum Gasteiger partial charge on any atom is -0.452 e. The first-order valence-electron chi connectivity index (χ1n) is 5.24. The van der Waals surface area contributed by atoms with E-state index in [1.165, 1.54) is 18.2 Å². The molecule has 1 rings (SSSR count). The summed E-state index contributed by atoms with van der Waals surface area (Å²) < 4.78 is 18.0. The molecule has 92 valence electrons. The van der Waals surface area contributed by atoms with Crippen LogP contribution >= 0.6 is 0 Å². The zero-order valence-electron chi connectivity index (χ0n) is 10.2. The van der Waals surface area contributed by atoms with Gasteiger partial charge in [-0.15, -0.1) is 0 Å². The maximum absolute atomic E-state index is 12.8. The minimum absolute atomic E-state index is 0.325. The van der Waals surface area contributed by atoms with Crippen LogP contribution in [0.15, 0.2) is 36.0 Å². The lowest BCUT2D eigenvalue weighted by atomic mass is 9.98. The minimum atomic E-state index is -0.823. The van der Waals surface area contributed by atoms with Crippen LogP contribution in [0.2, 0.25) is 0 Å². The third-order valence-corrected chi connectivity index (χ3v) is 2.24. The summed E-state index contributed by atoms with van der Waals surface area (Å²) in [4.78, 5) is 11.5. The maximum atomic E-state index is 12.8. The molecule has 0 saturated heterocycles. The molecule has 0 amide bonds. The number of rotatable bonds is 3. The summed E-state index contributed by atoms with van der Waals surface area (Å²) in [7, 11) is 0. The van der Waals surface area contributed by atoms with Crippen LogP contribution in [0.25, 0.3) is 0 Å². The number of hydrogen-bond donors (Lipinski definition) is 1. The Bertz CT molecular complexity index is 431. The average molecular weight is 237 g/mol. The number of benzene rings is 1. The number of halogens is 1. The number of carbonyl (C=O) groups is 1. The fourth-order valence-electron chi connectivity index (χ4n) is 1.38. The van der Waals surface area contributed by atoms with Crippen molar-refractivity contribution in [2.45, 2.75) is 26.4 Å². The maximum Gasteiger partial charge on any atom is 0.333 e. The Hall–Kier alpha value is -1.84. The van der Waals surface area contributed by atoms with E-state index in [0.717, 1.165) is 5.56 Å². The molecule has 2 N–H and O–H groups in total. The zero-order valence-corrected chi connectivity index (χ0v) is 10.2. The van der Waals surface area contributed by atoms with Crippen molar-refractivity contribution >= 4 is 5.97 Å². The fraction of sp³-hybridized carbons (Fsp3) is 0.308. The van der Waals surface area contributed by atoms with E-state index < -0.39 is 11.6 Å². The Morgan fingerprint density at radius 3 is 2.35 bits per heavy atom. The molecule has 0 saturated carbocycles. The molecule has 0 heterocycles. The summed E-state index contributed by atoms with van der Waals surface area (Å²) in [6.07, 6.45) is 1.21.